The highest BCUT2D eigenvalue weighted by molar-refractivity contribution is 5.55. The molecule has 1 fully saturated rings. The minimum Gasteiger partial charge on any atom is -0.392 e. The van der Waals surface area contributed by atoms with E-state index in [1.54, 1.807) is 0 Å². The largest absolute Gasteiger partial charge is 0.392 e. The smallest absolute Gasteiger partial charge is 0.0772 e. The van der Waals surface area contributed by atoms with E-state index in [1.165, 1.54) is 54.4 Å². The fraction of sp³-hybridized carbons (Fsp3) is 0.533. The fourth-order valence-electron chi connectivity index (χ4n) is 5.11. The van der Waals surface area contributed by atoms with Crippen LogP contribution in [0.2, 0.25) is 0 Å². The Hall–Kier alpha value is -1.94. The van der Waals surface area contributed by atoms with Crippen molar-refractivity contribution in [2.45, 2.75) is 97.4 Å². The van der Waals surface area contributed by atoms with Gasteiger partial charge in [0.25, 0.3) is 0 Å². The molecule has 1 saturated carbocycles. The maximum Gasteiger partial charge on any atom is 0.0772 e. The SMILES string of the molecule is Cc1cc(C2(CCc3ccc(CO)c(CO)c3)CCCCC2)ccc1C=CC(O)C(C)(C)C. The lowest BCUT2D eigenvalue weighted by molar-refractivity contribution is 0.106. The third kappa shape index (κ3) is 6.35. The first-order chi connectivity index (χ1) is 15.7. The van der Waals surface area contributed by atoms with Gasteiger partial charge in [-0.05, 0) is 76.8 Å². The van der Waals surface area contributed by atoms with Crippen molar-refractivity contribution in [3.63, 3.8) is 0 Å². The molecule has 0 aromatic heterocycles. The van der Waals surface area contributed by atoms with Gasteiger partial charge in [-0.3, -0.25) is 0 Å². The van der Waals surface area contributed by atoms with Crippen LogP contribution in [0.4, 0.5) is 0 Å². The molecule has 0 aliphatic heterocycles. The van der Waals surface area contributed by atoms with E-state index in [0.29, 0.717) is 0 Å². The fourth-order valence-corrected chi connectivity index (χ4v) is 5.11. The number of aliphatic hydroxyl groups excluding tert-OH is 3. The molecule has 1 atom stereocenters. The highest BCUT2D eigenvalue weighted by Gasteiger charge is 2.33. The van der Waals surface area contributed by atoms with Crippen molar-refractivity contribution in [2.24, 2.45) is 5.41 Å². The summed E-state index contributed by atoms with van der Waals surface area (Å²) in [5.74, 6) is 0. The zero-order chi connectivity index (χ0) is 24.1. The minimum atomic E-state index is -0.470. The lowest BCUT2D eigenvalue weighted by Crippen LogP contribution is -2.30. The minimum absolute atomic E-state index is 0.0348. The monoisotopic (exact) mass is 450 g/mol. The van der Waals surface area contributed by atoms with Crippen molar-refractivity contribution < 1.29 is 15.3 Å². The van der Waals surface area contributed by atoms with E-state index in [2.05, 4.69) is 43.3 Å². The number of rotatable bonds is 8. The summed E-state index contributed by atoms with van der Waals surface area (Å²) >= 11 is 0. The van der Waals surface area contributed by atoms with Gasteiger partial charge >= 0.3 is 0 Å². The average Bonchev–Trinajstić information content (AvgIpc) is 2.81. The zero-order valence-electron chi connectivity index (χ0n) is 20.9. The van der Waals surface area contributed by atoms with Crippen molar-refractivity contribution in [2.75, 3.05) is 0 Å². The molecule has 3 rings (SSSR count). The van der Waals surface area contributed by atoms with E-state index in [9.17, 15) is 15.3 Å². The first-order valence-electron chi connectivity index (χ1n) is 12.5. The van der Waals surface area contributed by atoms with E-state index >= 15 is 0 Å². The molecule has 3 N–H and O–H groups in total. The maximum atomic E-state index is 10.4. The molecule has 1 aliphatic carbocycles. The van der Waals surface area contributed by atoms with Crippen LogP contribution in [0.5, 0.6) is 0 Å². The van der Waals surface area contributed by atoms with E-state index in [0.717, 1.165) is 24.0 Å². The van der Waals surface area contributed by atoms with Crippen LogP contribution in [-0.2, 0) is 25.0 Å². The topological polar surface area (TPSA) is 60.7 Å². The van der Waals surface area contributed by atoms with Crippen LogP contribution in [0.1, 0.15) is 92.7 Å². The molecule has 3 nitrogen and oxygen atoms in total. The van der Waals surface area contributed by atoms with E-state index in [4.69, 9.17) is 0 Å². The average molecular weight is 451 g/mol. The third-order valence-corrected chi connectivity index (χ3v) is 7.54. The van der Waals surface area contributed by atoms with Crippen LogP contribution in [0.25, 0.3) is 6.08 Å². The van der Waals surface area contributed by atoms with Crippen LogP contribution >= 0.6 is 0 Å². The van der Waals surface area contributed by atoms with Gasteiger partial charge in [0.05, 0.1) is 19.3 Å². The molecule has 2 aromatic carbocycles. The molecule has 180 valence electrons. The summed E-state index contributed by atoms with van der Waals surface area (Å²) in [4.78, 5) is 0. The molecule has 0 heterocycles. The lowest BCUT2D eigenvalue weighted by Gasteiger charge is -2.38. The lowest BCUT2D eigenvalue weighted by atomic mass is 9.66. The van der Waals surface area contributed by atoms with Crippen LogP contribution < -0.4 is 0 Å². The van der Waals surface area contributed by atoms with E-state index < -0.39 is 6.10 Å². The van der Waals surface area contributed by atoms with Crippen molar-refractivity contribution in [3.8, 4) is 0 Å². The predicted octanol–water partition coefficient (Wildman–Crippen LogP) is 6.23. The number of aliphatic hydroxyl groups is 3. The van der Waals surface area contributed by atoms with E-state index in [-0.39, 0.29) is 24.0 Å². The molecule has 1 unspecified atom stereocenters. The standard InChI is InChI=1S/C30H42O3/c1-22-18-27(12-10-24(22)11-13-28(33)29(2,3)4)30(15-6-5-7-16-30)17-14-23-8-9-25(20-31)26(19-23)21-32/h8-13,18-19,28,31-33H,5-7,14-17,20-21H2,1-4H3. The van der Waals surface area contributed by atoms with E-state index in [1.807, 2.05) is 32.9 Å². The zero-order valence-corrected chi connectivity index (χ0v) is 20.9. The summed E-state index contributed by atoms with van der Waals surface area (Å²) < 4.78 is 0. The van der Waals surface area contributed by atoms with Gasteiger partial charge in [-0.2, -0.15) is 0 Å². The Labute approximate surface area is 200 Å². The number of aryl methyl sites for hydroxylation is 2. The summed E-state index contributed by atoms with van der Waals surface area (Å²) in [7, 11) is 0. The van der Waals surface area contributed by atoms with Gasteiger partial charge in [0, 0.05) is 0 Å². The molecule has 0 radical (unpaired) electrons. The molecule has 1 aliphatic rings. The molecule has 33 heavy (non-hydrogen) atoms. The Morgan fingerprint density at radius 2 is 1.64 bits per heavy atom. The van der Waals surface area contributed by atoms with Crippen LogP contribution in [0.3, 0.4) is 0 Å². The van der Waals surface area contributed by atoms with Crippen molar-refractivity contribution in [1.82, 2.24) is 0 Å². The second-order valence-electron chi connectivity index (χ2n) is 11.0. The molecule has 3 heteroatoms. The molecule has 0 saturated heterocycles. The maximum absolute atomic E-state index is 10.4. The van der Waals surface area contributed by atoms with Crippen LogP contribution in [-0.4, -0.2) is 21.4 Å². The van der Waals surface area contributed by atoms with Gasteiger partial charge in [0.15, 0.2) is 0 Å². The molecule has 2 aromatic rings. The van der Waals surface area contributed by atoms with Gasteiger partial charge in [0.2, 0.25) is 0 Å². The molecule has 0 bridgehead atoms. The molecule has 0 spiro atoms. The molecule has 0 amide bonds. The first kappa shape index (κ1) is 25.7. The Bertz CT molecular complexity index is 945. The second-order valence-corrected chi connectivity index (χ2v) is 11.0. The highest BCUT2D eigenvalue weighted by atomic mass is 16.3. The van der Waals surface area contributed by atoms with Gasteiger partial charge in [-0.15, -0.1) is 0 Å². The van der Waals surface area contributed by atoms with Crippen molar-refractivity contribution >= 4 is 6.08 Å². The first-order valence-corrected chi connectivity index (χ1v) is 12.5. The predicted molar refractivity (Wildman–Crippen MR) is 137 cm³/mol. The summed E-state index contributed by atoms with van der Waals surface area (Å²) in [6.45, 7) is 8.24. The Morgan fingerprint density at radius 3 is 2.24 bits per heavy atom. The van der Waals surface area contributed by atoms with Crippen LogP contribution in [0, 0.1) is 12.3 Å². The Morgan fingerprint density at radius 1 is 0.939 bits per heavy atom. The highest BCUT2D eigenvalue weighted by Crippen LogP contribution is 2.43. The molecular weight excluding hydrogens is 408 g/mol. The van der Waals surface area contributed by atoms with Crippen LogP contribution in [0.15, 0.2) is 42.5 Å². The Kier molecular flexibility index (Phi) is 8.55. The summed E-state index contributed by atoms with van der Waals surface area (Å²) in [6.07, 6.45) is 11.8. The summed E-state index contributed by atoms with van der Waals surface area (Å²) in [5, 5.41) is 29.5. The summed E-state index contributed by atoms with van der Waals surface area (Å²) in [6, 6.07) is 13.0. The summed E-state index contributed by atoms with van der Waals surface area (Å²) in [5.41, 5.74) is 6.75. The van der Waals surface area contributed by atoms with Gasteiger partial charge < -0.3 is 15.3 Å². The van der Waals surface area contributed by atoms with Gasteiger partial charge in [-0.1, -0.05) is 88.6 Å². The normalized spacial score (nSPS) is 17.4. The van der Waals surface area contributed by atoms with Gasteiger partial charge in [0.1, 0.15) is 0 Å². The third-order valence-electron chi connectivity index (χ3n) is 7.54. The van der Waals surface area contributed by atoms with Crippen molar-refractivity contribution in [1.29, 1.82) is 0 Å². The second kappa shape index (κ2) is 11.0. The number of hydrogen-bond donors (Lipinski definition) is 3. The van der Waals surface area contributed by atoms with Gasteiger partial charge in [-0.25, -0.2) is 0 Å². The number of benzene rings is 2. The number of hydrogen-bond acceptors (Lipinski definition) is 3. The van der Waals surface area contributed by atoms with Crippen molar-refractivity contribution in [3.05, 3.63) is 75.9 Å². The molecular formula is C30H42O3. The quantitative estimate of drug-likeness (QED) is 0.446. The Balaban J connectivity index is 1.82.